The maximum atomic E-state index is 12.7. The lowest BCUT2D eigenvalue weighted by Crippen LogP contribution is -2.66. The van der Waals surface area contributed by atoms with Crippen molar-refractivity contribution >= 4 is 40.5 Å². The molecule has 33 heavy (non-hydrogen) atoms. The van der Waals surface area contributed by atoms with E-state index in [0.717, 1.165) is 10.0 Å². The molecule has 0 spiro atoms. The lowest BCUT2D eigenvalue weighted by Gasteiger charge is -2.43. The van der Waals surface area contributed by atoms with Crippen LogP contribution in [0, 0.1) is 0 Å². The van der Waals surface area contributed by atoms with Gasteiger partial charge in [0, 0.05) is 0 Å². The molecule has 4 rings (SSSR count). The molecular weight excluding hydrogens is 494 g/mol. The number of fused-ring (bicyclic) bond motifs is 1. The van der Waals surface area contributed by atoms with E-state index >= 15 is 0 Å². The molecular formula is C27H30BrNO3Si. The van der Waals surface area contributed by atoms with E-state index in [-0.39, 0.29) is 17.0 Å². The van der Waals surface area contributed by atoms with E-state index in [2.05, 4.69) is 90.5 Å². The summed E-state index contributed by atoms with van der Waals surface area (Å²) in [5.74, 6) is 0.467. The highest BCUT2D eigenvalue weighted by molar-refractivity contribution is 9.10. The summed E-state index contributed by atoms with van der Waals surface area (Å²) in [5, 5.41) is 5.28. The van der Waals surface area contributed by atoms with Gasteiger partial charge in [-0.2, -0.15) is 0 Å². The number of rotatable bonds is 5. The van der Waals surface area contributed by atoms with Crippen LogP contribution >= 0.6 is 15.9 Å². The van der Waals surface area contributed by atoms with Crippen LogP contribution in [-0.2, 0) is 11.0 Å². The van der Waals surface area contributed by atoms with E-state index in [0.29, 0.717) is 24.5 Å². The largest absolute Gasteiger partial charge is 0.487 e. The zero-order valence-electron chi connectivity index (χ0n) is 19.5. The summed E-state index contributed by atoms with van der Waals surface area (Å²) in [5.41, 5.74) is 1.47. The number of carbonyl (C=O) groups is 1. The summed E-state index contributed by atoms with van der Waals surface area (Å²) in [6.07, 6.45) is -0.0919. The second-order valence-corrected chi connectivity index (χ2v) is 14.7. The molecule has 1 amide bonds. The van der Waals surface area contributed by atoms with Crippen molar-refractivity contribution in [3.05, 3.63) is 88.4 Å². The molecule has 0 bridgehead atoms. The van der Waals surface area contributed by atoms with Gasteiger partial charge in [0.1, 0.15) is 11.9 Å². The first kappa shape index (κ1) is 23.7. The van der Waals surface area contributed by atoms with Crippen LogP contribution in [0.15, 0.2) is 77.3 Å². The quantitative estimate of drug-likeness (QED) is 0.476. The Bertz CT molecular complexity index is 1090. The Morgan fingerprint density at radius 1 is 1.03 bits per heavy atom. The smallest absolute Gasteiger partial charge is 0.261 e. The van der Waals surface area contributed by atoms with Crippen LogP contribution in [0.1, 0.15) is 43.6 Å². The monoisotopic (exact) mass is 523 g/mol. The maximum absolute atomic E-state index is 12.7. The molecule has 1 aliphatic rings. The third-order valence-electron chi connectivity index (χ3n) is 6.09. The number of nitrogens with one attached hydrogen (secondary N) is 1. The molecule has 6 heteroatoms. The third kappa shape index (κ3) is 4.65. The number of hydrogen-bond donors (Lipinski definition) is 1. The number of amides is 1. The Kier molecular flexibility index (Phi) is 6.80. The fourth-order valence-corrected chi connectivity index (χ4v) is 9.69. The summed E-state index contributed by atoms with van der Waals surface area (Å²) >= 11 is 3.62. The van der Waals surface area contributed by atoms with Gasteiger partial charge in [0.25, 0.3) is 14.2 Å². The summed E-state index contributed by atoms with van der Waals surface area (Å²) in [6.45, 7) is 9.59. The van der Waals surface area contributed by atoms with Gasteiger partial charge in [-0.05, 0) is 56.0 Å². The molecule has 0 aromatic heterocycles. The van der Waals surface area contributed by atoms with E-state index in [1.54, 1.807) is 0 Å². The Morgan fingerprint density at radius 3 is 2.15 bits per heavy atom. The van der Waals surface area contributed by atoms with Crippen molar-refractivity contribution in [3.63, 3.8) is 0 Å². The highest BCUT2D eigenvalue weighted by Gasteiger charge is 2.50. The molecule has 3 aromatic carbocycles. The van der Waals surface area contributed by atoms with E-state index in [9.17, 15) is 4.79 Å². The van der Waals surface area contributed by atoms with Crippen LogP contribution < -0.4 is 20.4 Å². The lowest BCUT2D eigenvalue weighted by molar-refractivity contribution is 0.0952. The molecule has 1 N–H and O–H groups in total. The minimum Gasteiger partial charge on any atom is -0.487 e. The summed E-state index contributed by atoms with van der Waals surface area (Å²) in [6, 6.07) is 25.0. The van der Waals surface area contributed by atoms with Crippen molar-refractivity contribution in [2.24, 2.45) is 0 Å². The summed E-state index contributed by atoms with van der Waals surface area (Å²) in [7, 11) is -2.67. The summed E-state index contributed by atoms with van der Waals surface area (Å²) < 4.78 is 13.8. The Morgan fingerprint density at radius 2 is 1.61 bits per heavy atom. The fourth-order valence-electron chi connectivity index (χ4n) is 4.55. The molecule has 0 saturated heterocycles. The molecule has 4 nitrogen and oxygen atoms in total. The predicted octanol–water partition coefficient (Wildman–Crippen LogP) is 5.04. The first-order chi connectivity index (χ1) is 15.7. The first-order valence-electron chi connectivity index (χ1n) is 11.2. The van der Waals surface area contributed by atoms with Crippen molar-refractivity contribution in [1.82, 2.24) is 5.32 Å². The number of ether oxygens (including phenoxy) is 1. The topological polar surface area (TPSA) is 47.6 Å². The zero-order chi connectivity index (χ0) is 23.6. The Labute approximate surface area is 205 Å². The van der Waals surface area contributed by atoms with Crippen molar-refractivity contribution in [3.8, 4) is 5.75 Å². The minimum absolute atomic E-state index is 0.0919. The van der Waals surface area contributed by atoms with Crippen molar-refractivity contribution < 1.29 is 14.0 Å². The molecule has 172 valence electrons. The van der Waals surface area contributed by atoms with E-state index in [1.165, 1.54) is 10.4 Å². The van der Waals surface area contributed by atoms with Gasteiger partial charge in [-0.1, -0.05) is 81.4 Å². The van der Waals surface area contributed by atoms with Crippen molar-refractivity contribution in [2.45, 2.75) is 45.4 Å². The van der Waals surface area contributed by atoms with Gasteiger partial charge in [-0.25, -0.2) is 0 Å². The van der Waals surface area contributed by atoms with Crippen molar-refractivity contribution in [2.75, 3.05) is 6.54 Å². The number of halogens is 1. The van der Waals surface area contributed by atoms with Crippen LogP contribution in [0.2, 0.25) is 5.04 Å². The van der Waals surface area contributed by atoms with Gasteiger partial charge in [-0.15, -0.1) is 0 Å². The second-order valence-electron chi connectivity index (χ2n) is 9.54. The molecule has 1 atom stereocenters. The Balaban J connectivity index is 1.78. The molecule has 1 heterocycles. The maximum Gasteiger partial charge on any atom is 0.261 e. The standard InChI is InChI=1S/C27H30BrNO3Si/c1-19-17-29-26(30)23-15-20(16-24(28)25(23)32-19)18-31-33(27(2,3)4,21-11-7-5-8-12-21)22-13-9-6-10-14-22/h5-16,19H,17-18H2,1-4H3,(H,29,30). The fraction of sp³-hybridized carbons (Fsp3) is 0.296. The molecule has 0 fully saturated rings. The highest BCUT2D eigenvalue weighted by Crippen LogP contribution is 2.38. The average molecular weight is 525 g/mol. The molecule has 1 unspecified atom stereocenters. The number of hydrogen-bond acceptors (Lipinski definition) is 3. The van der Waals surface area contributed by atoms with E-state index in [4.69, 9.17) is 9.16 Å². The molecule has 3 aromatic rings. The van der Waals surface area contributed by atoms with Gasteiger partial charge in [0.15, 0.2) is 0 Å². The number of carbonyl (C=O) groups excluding carboxylic acids is 1. The van der Waals surface area contributed by atoms with Gasteiger partial charge in [0.05, 0.1) is 23.2 Å². The van der Waals surface area contributed by atoms with Crippen LogP contribution in [0.4, 0.5) is 0 Å². The van der Waals surface area contributed by atoms with Crippen LogP contribution in [-0.4, -0.2) is 26.9 Å². The van der Waals surface area contributed by atoms with Crippen LogP contribution in [0.25, 0.3) is 0 Å². The van der Waals surface area contributed by atoms with Gasteiger partial charge in [0.2, 0.25) is 0 Å². The molecule has 0 saturated carbocycles. The first-order valence-corrected chi connectivity index (χ1v) is 13.9. The normalized spacial score (nSPS) is 16.4. The predicted molar refractivity (Wildman–Crippen MR) is 139 cm³/mol. The molecule has 0 aliphatic carbocycles. The van der Waals surface area contributed by atoms with Gasteiger partial charge >= 0.3 is 0 Å². The highest BCUT2D eigenvalue weighted by atomic mass is 79.9. The van der Waals surface area contributed by atoms with E-state index < -0.39 is 8.32 Å². The SMILES string of the molecule is CC1CNC(=O)c2cc(CO[Si](c3ccccc3)(c3ccccc3)C(C)(C)C)cc(Br)c2O1. The third-order valence-corrected chi connectivity index (χ3v) is 11.7. The minimum atomic E-state index is -2.67. The molecule has 1 aliphatic heterocycles. The second kappa shape index (κ2) is 9.45. The van der Waals surface area contributed by atoms with Gasteiger partial charge < -0.3 is 14.5 Å². The van der Waals surface area contributed by atoms with Crippen LogP contribution in [0.5, 0.6) is 5.75 Å². The number of benzene rings is 3. The summed E-state index contributed by atoms with van der Waals surface area (Å²) in [4.78, 5) is 12.7. The lowest BCUT2D eigenvalue weighted by atomic mass is 10.1. The molecule has 0 radical (unpaired) electrons. The van der Waals surface area contributed by atoms with E-state index in [1.807, 2.05) is 31.2 Å². The average Bonchev–Trinajstić information content (AvgIpc) is 2.94. The van der Waals surface area contributed by atoms with Crippen molar-refractivity contribution in [1.29, 1.82) is 0 Å². The Hall–Kier alpha value is -2.41. The van der Waals surface area contributed by atoms with Gasteiger partial charge in [-0.3, -0.25) is 4.79 Å². The zero-order valence-corrected chi connectivity index (χ0v) is 22.1. The van der Waals surface area contributed by atoms with Crippen LogP contribution in [0.3, 0.4) is 0 Å².